The van der Waals surface area contributed by atoms with Crippen LogP contribution >= 0.6 is 0 Å². The maximum atomic E-state index is 11.3. The Kier molecular flexibility index (Phi) is 3.63. The van der Waals surface area contributed by atoms with E-state index in [2.05, 4.69) is 6.58 Å². The Balaban J connectivity index is 2.52. The Morgan fingerprint density at radius 3 is 2.67 bits per heavy atom. The molecule has 1 aromatic carbocycles. The summed E-state index contributed by atoms with van der Waals surface area (Å²) in [4.78, 5) is 11.3. The van der Waals surface area contributed by atoms with Crippen LogP contribution in [-0.2, 0) is 16.1 Å². The van der Waals surface area contributed by atoms with Gasteiger partial charge in [-0.2, -0.15) is 0 Å². The largest absolute Gasteiger partial charge is 0.458 e. The first-order valence-corrected chi connectivity index (χ1v) is 4.63. The lowest BCUT2D eigenvalue weighted by atomic mass is 10.1. The van der Waals surface area contributed by atoms with Gasteiger partial charge in [-0.3, -0.25) is 0 Å². The molecule has 1 N–H and O–H groups in total. The maximum Gasteiger partial charge on any atom is 0.342 e. The van der Waals surface area contributed by atoms with E-state index in [9.17, 15) is 9.90 Å². The summed E-state index contributed by atoms with van der Waals surface area (Å²) in [5.74, 6) is -0.693. The van der Waals surface area contributed by atoms with Crippen LogP contribution in [0.5, 0.6) is 0 Å². The summed E-state index contributed by atoms with van der Waals surface area (Å²) in [5.41, 5.74) is -0.736. The van der Waals surface area contributed by atoms with Crippen molar-refractivity contribution >= 4 is 5.97 Å². The van der Waals surface area contributed by atoms with Crippen LogP contribution in [0.3, 0.4) is 0 Å². The van der Waals surface area contributed by atoms with Crippen molar-refractivity contribution < 1.29 is 14.6 Å². The number of esters is 1. The van der Waals surface area contributed by atoms with Crippen molar-refractivity contribution in [2.75, 3.05) is 0 Å². The average molecular weight is 206 g/mol. The van der Waals surface area contributed by atoms with E-state index in [1.54, 1.807) is 0 Å². The standard InChI is InChI=1S/C12H14O3/c1-3-12(2,14)11(13)15-9-10-7-5-4-6-8-10/h3-8,14H,1,9H2,2H3/t12-/m0/s1. The zero-order valence-electron chi connectivity index (χ0n) is 8.64. The molecule has 0 unspecified atom stereocenters. The fraction of sp³-hybridized carbons (Fsp3) is 0.250. The lowest BCUT2D eigenvalue weighted by Crippen LogP contribution is -2.34. The van der Waals surface area contributed by atoms with Crippen molar-refractivity contribution in [1.29, 1.82) is 0 Å². The molecule has 15 heavy (non-hydrogen) atoms. The molecular weight excluding hydrogens is 192 g/mol. The van der Waals surface area contributed by atoms with Crippen LogP contribution in [0.2, 0.25) is 0 Å². The van der Waals surface area contributed by atoms with Gasteiger partial charge in [0, 0.05) is 0 Å². The Morgan fingerprint density at radius 1 is 1.53 bits per heavy atom. The highest BCUT2D eigenvalue weighted by molar-refractivity contribution is 5.80. The predicted molar refractivity (Wildman–Crippen MR) is 57.1 cm³/mol. The molecule has 0 saturated heterocycles. The zero-order valence-corrected chi connectivity index (χ0v) is 8.64. The maximum absolute atomic E-state index is 11.3. The van der Waals surface area contributed by atoms with Gasteiger partial charge in [-0.15, -0.1) is 0 Å². The molecule has 1 atom stereocenters. The first kappa shape index (κ1) is 11.5. The van der Waals surface area contributed by atoms with E-state index < -0.39 is 11.6 Å². The molecule has 0 aliphatic carbocycles. The first-order valence-electron chi connectivity index (χ1n) is 4.63. The molecule has 0 aliphatic heterocycles. The summed E-state index contributed by atoms with van der Waals surface area (Å²) in [6.07, 6.45) is 1.15. The molecule has 0 spiro atoms. The Bertz CT molecular complexity index is 341. The molecule has 0 fully saturated rings. The van der Waals surface area contributed by atoms with Gasteiger partial charge in [0.25, 0.3) is 0 Å². The molecule has 1 aromatic rings. The summed E-state index contributed by atoms with van der Waals surface area (Å²) < 4.78 is 4.92. The summed E-state index contributed by atoms with van der Waals surface area (Å²) in [6.45, 7) is 4.85. The van der Waals surface area contributed by atoms with E-state index in [-0.39, 0.29) is 6.61 Å². The van der Waals surface area contributed by atoms with Gasteiger partial charge in [0.05, 0.1) is 0 Å². The summed E-state index contributed by atoms with van der Waals surface area (Å²) in [6, 6.07) is 9.28. The Hall–Kier alpha value is -1.61. The lowest BCUT2D eigenvalue weighted by Gasteiger charge is -2.16. The Labute approximate surface area is 89.0 Å². The molecule has 0 heterocycles. The van der Waals surface area contributed by atoms with E-state index >= 15 is 0 Å². The van der Waals surface area contributed by atoms with Crippen LogP contribution in [0.15, 0.2) is 43.0 Å². The van der Waals surface area contributed by atoms with E-state index in [0.717, 1.165) is 11.6 Å². The van der Waals surface area contributed by atoms with Crippen LogP contribution in [0.1, 0.15) is 12.5 Å². The average Bonchev–Trinajstić information content (AvgIpc) is 2.27. The molecule has 3 nitrogen and oxygen atoms in total. The number of rotatable bonds is 4. The molecular formula is C12H14O3. The van der Waals surface area contributed by atoms with E-state index in [1.807, 2.05) is 30.3 Å². The van der Waals surface area contributed by atoms with Gasteiger partial charge in [-0.1, -0.05) is 36.9 Å². The predicted octanol–water partition coefficient (Wildman–Crippen LogP) is 1.67. The second kappa shape index (κ2) is 4.75. The normalized spacial score (nSPS) is 14.0. The SMILES string of the molecule is C=C[C@](C)(O)C(=O)OCc1ccccc1. The summed E-state index contributed by atoms with van der Waals surface area (Å²) in [5, 5.41) is 9.48. The summed E-state index contributed by atoms with van der Waals surface area (Å²) in [7, 11) is 0. The van der Waals surface area contributed by atoms with Gasteiger partial charge in [0.15, 0.2) is 5.60 Å². The highest BCUT2D eigenvalue weighted by Gasteiger charge is 2.27. The monoisotopic (exact) mass is 206 g/mol. The summed E-state index contributed by atoms with van der Waals surface area (Å²) >= 11 is 0. The number of aliphatic hydroxyl groups is 1. The number of benzene rings is 1. The minimum atomic E-state index is -1.62. The van der Waals surface area contributed by atoms with Gasteiger partial charge in [0.2, 0.25) is 0 Å². The van der Waals surface area contributed by atoms with E-state index in [1.165, 1.54) is 6.92 Å². The van der Waals surface area contributed by atoms with Crippen LogP contribution in [0.4, 0.5) is 0 Å². The number of carbonyl (C=O) groups excluding carboxylic acids is 1. The molecule has 1 rings (SSSR count). The Morgan fingerprint density at radius 2 is 2.13 bits per heavy atom. The van der Waals surface area contributed by atoms with Crippen LogP contribution < -0.4 is 0 Å². The third-order valence-electron chi connectivity index (χ3n) is 2.02. The molecule has 0 amide bonds. The van der Waals surface area contributed by atoms with Crippen molar-refractivity contribution in [1.82, 2.24) is 0 Å². The van der Waals surface area contributed by atoms with Gasteiger partial charge in [-0.05, 0) is 18.6 Å². The minimum Gasteiger partial charge on any atom is -0.458 e. The number of carbonyl (C=O) groups is 1. The molecule has 80 valence electrons. The fourth-order valence-electron chi connectivity index (χ4n) is 0.953. The smallest absolute Gasteiger partial charge is 0.342 e. The molecule has 0 radical (unpaired) electrons. The highest BCUT2D eigenvalue weighted by atomic mass is 16.5. The third kappa shape index (κ3) is 3.22. The van der Waals surface area contributed by atoms with Gasteiger partial charge in [-0.25, -0.2) is 4.79 Å². The topological polar surface area (TPSA) is 46.5 Å². The second-order valence-electron chi connectivity index (χ2n) is 3.41. The van der Waals surface area contributed by atoms with Gasteiger partial charge in [0.1, 0.15) is 6.61 Å². The van der Waals surface area contributed by atoms with Crippen molar-refractivity contribution in [2.24, 2.45) is 0 Å². The van der Waals surface area contributed by atoms with E-state index in [4.69, 9.17) is 4.74 Å². The lowest BCUT2D eigenvalue weighted by molar-refractivity contribution is -0.160. The number of hydrogen-bond donors (Lipinski definition) is 1. The zero-order chi connectivity index (χ0) is 11.3. The van der Waals surface area contributed by atoms with Gasteiger partial charge < -0.3 is 9.84 Å². The third-order valence-corrected chi connectivity index (χ3v) is 2.02. The molecule has 0 aliphatic rings. The van der Waals surface area contributed by atoms with Crippen LogP contribution in [0.25, 0.3) is 0 Å². The van der Waals surface area contributed by atoms with Crippen molar-refractivity contribution in [3.63, 3.8) is 0 Å². The van der Waals surface area contributed by atoms with Crippen LogP contribution in [-0.4, -0.2) is 16.7 Å². The molecule has 0 saturated carbocycles. The number of hydrogen-bond acceptors (Lipinski definition) is 3. The molecule has 0 bridgehead atoms. The van der Waals surface area contributed by atoms with Crippen molar-refractivity contribution in [3.05, 3.63) is 48.6 Å². The quantitative estimate of drug-likeness (QED) is 0.602. The number of ether oxygens (including phenoxy) is 1. The van der Waals surface area contributed by atoms with E-state index in [0.29, 0.717) is 0 Å². The van der Waals surface area contributed by atoms with Crippen molar-refractivity contribution in [3.8, 4) is 0 Å². The van der Waals surface area contributed by atoms with Crippen molar-refractivity contribution in [2.45, 2.75) is 19.1 Å². The molecule has 0 aromatic heterocycles. The minimum absolute atomic E-state index is 0.156. The first-order chi connectivity index (χ1) is 7.06. The highest BCUT2D eigenvalue weighted by Crippen LogP contribution is 2.09. The van der Waals surface area contributed by atoms with Gasteiger partial charge >= 0.3 is 5.97 Å². The van der Waals surface area contributed by atoms with Crippen LogP contribution in [0, 0.1) is 0 Å². The second-order valence-corrected chi connectivity index (χ2v) is 3.41. The molecule has 3 heteroatoms. The fourth-order valence-corrected chi connectivity index (χ4v) is 0.953.